The molecule has 0 unspecified atom stereocenters. The number of thiazole rings is 1. The Labute approximate surface area is 213 Å². The van der Waals surface area contributed by atoms with Crippen molar-refractivity contribution in [1.82, 2.24) is 15.0 Å². The van der Waals surface area contributed by atoms with Crippen molar-refractivity contribution in [2.75, 3.05) is 11.9 Å². The Morgan fingerprint density at radius 1 is 1.03 bits per heavy atom. The second kappa shape index (κ2) is 11.9. The van der Waals surface area contributed by atoms with Crippen LogP contribution in [0.3, 0.4) is 0 Å². The van der Waals surface area contributed by atoms with Gasteiger partial charge in [0.1, 0.15) is 0 Å². The molecule has 4 rings (SSSR count). The fraction of sp³-hybridized carbons (Fsp3) is 0.217. The van der Waals surface area contributed by atoms with Gasteiger partial charge >= 0.3 is 35.6 Å². The van der Waals surface area contributed by atoms with Crippen LogP contribution in [0.25, 0.3) is 21.3 Å². The zero-order valence-corrected chi connectivity index (χ0v) is 21.3. The van der Waals surface area contributed by atoms with Gasteiger partial charge in [-0.15, -0.1) is 0 Å². The summed E-state index contributed by atoms with van der Waals surface area (Å²) in [6, 6.07) is 16.7. The van der Waals surface area contributed by atoms with Crippen molar-refractivity contribution in [3.05, 3.63) is 60.9 Å². The molecule has 2 aromatic carbocycles. The third kappa shape index (κ3) is 7.56. The zero-order valence-electron chi connectivity index (χ0n) is 18.5. The molecule has 1 N–H and O–H groups in total. The van der Waals surface area contributed by atoms with E-state index in [9.17, 15) is 0 Å². The quantitative estimate of drug-likeness (QED) is 0.355. The molecule has 0 atom stereocenters. The van der Waals surface area contributed by atoms with Crippen LogP contribution in [0.4, 0.5) is 10.8 Å². The van der Waals surface area contributed by atoms with Gasteiger partial charge < -0.3 is 20.0 Å². The van der Waals surface area contributed by atoms with Gasteiger partial charge in [-0.2, -0.15) is 0 Å². The average Bonchev–Trinajstić information content (AvgIpc) is 3.16. The van der Waals surface area contributed by atoms with Crippen molar-refractivity contribution in [1.29, 1.82) is 0 Å². The summed E-state index contributed by atoms with van der Waals surface area (Å²) in [6.45, 7) is 6.43. The molecule has 0 aliphatic carbocycles. The van der Waals surface area contributed by atoms with E-state index in [4.69, 9.17) is 14.6 Å². The first kappa shape index (κ1) is 25.7. The van der Waals surface area contributed by atoms with Crippen LogP contribution in [0, 0.1) is 5.41 Å². The van der Waals surface area contributed by atoms with E-state index < -0.39 is 6.47 Å². The minimum Gasteiger partial charge on any atom is -0.554 e. The van der Waals surface area contributed by atoms with E-state index >= 15 is 0 Å². The third-order valence-electron chi connectivity index (χ3n) is 4.03. The van der Waals surface area contributed by atoms with E-state index in [-0.39, 0.29) is 35.0 Å². The summed E-state index contributed by atoms with van der Waals surface area (Å²) in [4.78, 5) is 21.5. The van der Waals surface area contributed by atoms with Gasteiger partial charge in [-0.05, 0) is 35.2 Å². The molecule has 0 bridgehead atoms. The Morgan fingerprint density at radius 2 is 1.66 bits per heavy atom. The molecule has 0 aliphatic rings. The standard InChI is InChI=1S/C22H22N4OS.CH2O2.Na/c1-22(2,3)14-27-20-23-12-16(13-24-20)15-8-10-17(11-9-15)25-21-26-18-6-4-5-7-19(18)28-21;2-1-3;/h4-13H,14H2,1-3H3,(H,25,26);1H,(H,2,3);/q;;+1/p-1. The molecular formula is C23H23N4NaO3S. The van der Waals surface area contributed by atoms with Crippen LogP contribution in [0.2, 0.25) is 0 Å². The zero-order chi connectivity index (χ0) is 22.3. The fourth-order valence-electron chi connectivity index (χ4n) is 2.62. The first-order valence-electron chi connectivity index (χ1n) is 9.61. The SMILES string of the molecule is CC(C)(C)COc1ncc(-c2ccc(Nc3nc4ccccc4s3)cc2)cn1.O=C[O-].[Na+]. The van der Waals surface area contributed by atoms with Gasteiger partial charge in [0.2, 0.25) is 0 Å². The number of carboxylic acid groups (broad SMARTS) is 1. The monoisotopic (exact) mass is 458 g/mol. The normalized spacial score (nSPS) is 10.5. The number of carbonyl (C=O) groups is 1. The Balaban J connectivity index is 0.000000860. The molecule has 0 fully saturated rings. The van der Waals surface area contributed by atoms with Crippen LogP contribution < -0.4 is 44.7 Å². The minimum absolute atomic E-state index is 0. The maximum atomic E-state index is 8.25. The van der Waals surface area contributed by atoms with Crippen molar-refractivity contribution >= 4 is 38.8 Å². The van der Waals surface area contributed by atoms with Gasteiger partial charge in [-0.3, -0.25) is 0 Å². The molecule has 9 heteroatoms. The van der Waals surface area contributed by atoms with Crippen molar-refractivity contribution < 1.29 is 44.2 Å². The van der Waals surface area contributed by atoms with Crippen LogP contribution in [-0.4, -0.2) is 28.0 Å². The second-order valence-electron chi connectivity index (χ2n) is 7.89. The summed E-state index contributed by atoms with van der Waals surface area (Å²) in [5, 5.41) is 12.5. The number of nitrogens with one attached hydrogen (secondary N) is 1. The number of anilines is 2. The summed E-state index contributed by atoms with van der Waals surface area (Å²) < 4.78 is 6.81. The van der Waals surface area contributed by atoms with E-state index in [1.165, 1.54) is 4.70 Å². The summed E-state index contributed by atoms with van der Waals surface area (Å²) in [7, 11) is 0. The summed E-state index contributed by atoms with van der Waals surface area (Å²) in [6.07, 6.45) is 3.59. The topological polar surface area (TPSA) is 100 Å². The van der Waals surface area contributed by atoms with E-state index in [0.29, 0.717) is 12.6 Å². The van der Waals surface area contributed by atoms with Crippen LogP contribution in [0.5, 0.6) is 6.01 Å². The molecule has 2 heterocycles. The molecule has 7 nitrogen and oxygen atoms in total. The average molecular weight is 459 g/mol. The first-order valence-corrected chi connectivity index (χ1v) is 10.4. The number of benzene rings is 2. The molecular weight excluding hydrogens is 435 g/mol. The van der Waals surface area contributed by atoms with Crippen LogP contribution in [0.15, 0.2) is 60.9 Å². The Hall–Kier alpha value is -2.52. The number of rotatable bonds is 5. The largest absolute Gasteiger partial charge is 1.00 e. The summed E-state index contributed by atoms with van der Waals surface area (Å²) >= 11 is 1.64. The predicted octanol–water partition coefficient (Wildman–Crippen LogP) is 1.29. The summed E-state index contributed by atoms with van der Waals surface area (Å²) in [5.74, 6) is 0. The molecule has 0 radical (unpaired) electrons. The van der Waals surface area contributed by atoms with E-state index in [1.807, 2.05) is 42.5 Å². The maximum Gasteiger partial charge on any atom is 1.00 e. The number of nitrogens with zero attached hydrogens (tertiary/aromatic N) is 3. The number of hydrogen-bond donors (Lipinski definition) is 1. The van der Waals surface area contributed by atoms with Crippen molar-refractivity contribution in [3.8, 4) is 17.1 Å². The molecule has 4 aromatic rings. The molecule has 0 amide bonds. The molecule has 2 aromatic heterocycles. The number of para-hydroxylation sites is 1. The Kier molecular flexibility index (Phi) is 9.59. The maximum absolute atomic E-state index is 8.25. The van der Waals surface area contributed by atoms with Crippen molar-refractivity contribution in [2.45, 2.75) is 20.8 Å². The second-order valence-corrected chi connectivity index (χ2v) is 8.92. The van der Waals surface area contributed by atoms with Gasteiger partial charge in [0.25, 0.3) is 0 Å². The third-order valence-corrected chi connectivity index (χ3v) is 4.98. The molecule has 0 spiro atoms. The van der Waals surface area contributed by atoms with E-state index in [1.54, 1.807) is 23.7 Å². The minimum atomic E-state index is -0.500. The fourth-order valence-corrected chi connectivity index (χ4v) is 3.50. The van der Waals surface area contributed by atoms with Gasteiger partial charge in [0, 0.05) is 30.1 Å². The summed E-state index contributed by atoms with van der Waals surface area (Å²) in [5.41, 5.74) is 4.09. The van der Waals surface area contributed by atoms with Crippen molar-refractivity contribution in [2.24, 2.45) is 5.41 Å². The Bertz CT molecular complexity index is 1090. The van der Waals surface area contributed by atoms with Crippen LogP contribution >= 0.6 is 11.3 Å². The van der Waals surface area contributed by atoms with Gasteiger partial charge in [0.15, 0.2) is 5.13 Å². The molecule has 160 valence electrons. The first-order chi connectivity index (χ1) is 14.9. The molecule has 0 saturated heterocycles. The smallest absolute Gasteiger partial charge is 0.554 e. The number of hydrogen-bond acceptors (Lipinski definition) is 8. The predicted molar refractivity (Wildman–Crippen MR) is 121 cm³/mol. The molecule has 32 heavy (non-hydrogen) atoms. The van der Waals surface area contributed by atoms with Gasteiger partial charge in [-0.25, -0.2) is 15.0 Å². The number of carbonyl (C=O) groups excluding carboxylic acids is 1. The Morgan fingerprint density at radius 3 is 2.25 bits per heavy atom. The van der Waals surface area contributed by atoms with E-state index in [2.05, 4.69) is 47.1 Å². The van der Waals surface area contributed by atoms with Crippen molar-refractivity contribution in [3.63, 3.8) is 0 Å². The van der Waals surface area contributed by atoms with Crippen LogP contribution in [-0.2, 0) is 4.79 Å². The molecule has 0 aliphatic heterocycles. The van der Waals surface area contributed by atoms with E-state index in [0.717, 1.165) is 27.5 Å². The van der Waals surface area contributed by atoms with Crippen LogP contribution in [0.1, 0.15) is 20.8 Å². The number of aromatic nitrogens is 3. The molecule has 0 saturated carbocycles. The number of ether oxygens (including phenoxy) is 1. The van der Waals surface area contributed by atoms with Gasteiger partial charge in [0.05, 0.1) is 16.8 Å². The number of fused-ring (bicyclic) bond motifs is 1. The van der Waals surface area contributed by atoms with Gasteiger partial charge in [-0.1, -0.05) is 56.4 Å².